The first kappa shape index (κ1) is 13.5. The summed E-state index contributed by atoms with van der Waals surface area (Å²) in [6.07, 6.45) is 2.65. The van der Waals surface area contributed by atoms with Gasteiger partial charge in [0, 0.05) is 18.8 Å². The Bertz CT molecular complexity index is 564. The van der Waals surface area contributed by atoms with E-state index in [1.54, 1.807) is 24.4 Å². The highest BCUT2D eigenvalue weighted by Gasteiger charge is 2.12. The summed E-state index contributed by atoms with van der Waals surface area (Å²) < 4.78 is 13.7. The van der Waals surface area contributed by atoms with Crippen LogP contribution in [0.3, 0.4) is 0 Å². The van der Waals surface area contributed by atoms with E-state index in [1.807, 2.05) is 0 Å². The molecule has 0 bridgehead atoms. The maximum Gasteiger partial charge on any atom is 0.137 e. The number of aliphatic hydroxyl groups excluding tert-OH is 1. The van der Waals surface area contributed by atoms with E-state index < -0.39 is 11.9 Å². The van der Waals surface area contributed by atoms with Gasteiger partial charge in [-0.05, 0) is 45.3 Å². The van der Waals surface area contributed by atoms with E-state index in [9.17, 15) is 9.50 Å². The number of hydrogen-bond acceptors (Lipinski definition) is 2. The van der Waals surface area contributed by atoms with Crippen LogP contribution in [-0.2, 0) is 6.42 Å². The minimum absolute atomic E-state index is 0.322. The van der Waals surface area contributed by atoms with Crippen molar-refractivity contribution in [3.05, 3.63) is 63.1 Å². The van der Waals surface area contributed by atoms with Gasteiger partial charge in [0.2, 0.25) is 0 Å². The Hall–Kier alpha value is -0.970. The SMILES string of the molecule is OC(Cc1ccncc1Cl)c1ccc(Br)c(F)c1. The van der Waals surface area contributed by atoms with Gasteiger partial charge in [-0.3, -0.25) is 4.98 Å². The van der Waals surface area contributed by atoms with Crippen molar-refractivity contribution in [3.8, 4) is 0 Å². The topological polar surface area (TPSA) is 33.1 Å². The van der Waals surface area contributed by atoms with Gasteiger partial charge in [0.25, 0.3) is 0 Å². The average molecular weight is 331 g/mol. The molecule has 0 saturated heterocycles. The lowest BCUT2D eigenvalue weighted by Gasteiger charge is -2.12. The molecule has 5 heteroatoms. The summed E-state index contributed by atoms with van der Waals surface area (Å²) >= 11 is 9.03. The van der Waals surface area contributed by atoms with Crippen LogP contribution in [0.2, 0.25) is 5.02 Å². The highest BCUT2D eigenvalue weighted by atomic mass is 79.9. The van der Waals surface area contributed by atoms with Crippen LogP contribution in [0.4, 0.5) is 4.39 Å². The summed E-state index contributed by atoms with van der Waals surface area (Å²) in [4.78, 5) is 3.87. The summed E-state index contributed by atoms with van der Waals surface area (Å²) in [7, 11) is 0. The van der Waals surface area contributed by atoms with E-state index in [-0.39, 0.29) is 0 Å². The molecule has 0 fully saturated rings. The number of pyridine rings is 1. The fraction of sp³-hybridized carbons (Fsp3) is 0.154. The number of nitrogens with zero attached hydrogens (tertiary/aromatic N) is 1. The predicted molar refractivity (Wildman–Crippen MR) is 72.0 cm³/mol. The van der Waals surface area contributed by atoms with Crippen LogP contribution < -0.4 is 0 Å². The monoisotopic (exact) mass is 329 g/mol. The molecule has 2 rings (SSSR count). The van der Waals surface area contributed by atoms with E-state index in [0.717, 1.165) is 5.56 Å². The second-order valence-electron chi connectivity index (χ2n) is 3.86. The van der Waals surface area contributed by atoms with Crippen LogP contribution in [0.1, 0.15) is 17.2 Å². The first-order valence-corrected chi connectivity index (χ1v) is 6.46. The fourth-order valence-corrected chi connectivity index (χ4v) is 2.06. The van der Waals surface area contributed by atoms with Gasteiger partial charge in [-0.15, -0.1) is 0 Å². The lowest BCUT2D eigenvalue weighted by Crippen LogP contribution is -2.03. The molecule has 94 valence electrons. The van der Waals surface area contributed by atoms with E-state index in [4.69, 9.17) is 11.6 Å². The first-order chi connectivity index (χ1) is 8.58. The maximum atomic E-state index is 13.4. The van der Waals surface area contributed by atoms with Gasteiger partial charge in [-0.1, -0.05) is 17.7 Å². The van der Waals surface area contributed by atoms with Gasteiger partial charge in [-0.25, -0.2) is 4.39 Å². The van der Waals surface area contributed by atoms with E-state index in [2.05, 4.69) is 20.9 Å². The van der Waals surface area contributed by atoms with Crippen LogP contribution in [-0.4, -0.2) is 10.1 Å². The number of halogens is 3. The molecule has 1 heterocycles. The quantitative estimate of drug-likeness (QED) is 0.925. The molecule has 0 aliphatic heterocycles. The molecular weight excluding hydrogens is 321 g/mol. The zero-order valence-electron chi connectivity index (χ0n) is 9.28. The zero-order valence-corrected chi connectivity index (χ0v) is 11.6. The highest BCUT2D eigenvalue weighted by Crippen LogP contribution is 2.25. The van der Waals surface area contributed by atoms with Crippen LogP contribution in [0, 0.1) is 5.82 Å². The molecule has 0 spiro atoms. The third-order valence-corrected chi connectivity index (χ3v) is 3.58. The first-order valence-electron chi connectivity index (χ1n) is 5.29. The maximum absolute atomic E-state index is 13.4. The third-order valence-electron chi connectivity index (χ3n) is 2.60. The van der Waals surface area contributed by atoms with Gasteiger partial charge in [0.1, 0.15) is 5.82 Å². The summed E-state index contributed by atoms with van der Waals surface area (Å²) in [6.45, 7) is 0. The van der Waals surface area contributed by atoms with Crippen molar-refractivity contribution in [2.45, 2.75) is 12.5 Å². The summed E-state index contributed by atoms with van der Waals surface area (Å²) in [5, 5.41) is 10.5. The van der Waals surface area contributed by atoms with Crippen molar-refractivity contribution in [1.29, 1.82) is 0 Å². The van der Waals surface area contributed by atoms with E-state index >= 15 is 0 Å². The van der Waals surface area contributed by atoms with Crippen molar-refractivity contribution in [2.24, 2.45) is 0 Å². The molecule has 1 unspecified atom stereocenters. The smallest absolute Gasteiger partial charge is 0.137 e. The molecule has 1 atom stereocenters. The van der Waals surface area contributed by atoms with Gasteiger partial charge in [-0.2, -0.15) is 0 Å². The Labute approximate surface area is 118 Å². The third kappa shape index (κ3) is 3.07. The van der Waals surface area contributed by atoms with Crippen molar-refractivity contribution in [2.75, 3.05) is 0 Å². The van der Waals surface area contributed by atoms with Crippen molar-refractivity contribution < 1.29 is 9.50 Å². The normalized spacial score (nSPS) is 12.4. The fourth-order valence-electron chi connectivity index (χ4n) is 1.62. The number of aromatic nitrogens is 1. The molecule has 0 aliphatic carbocycles. The summed E-state index contributed by atoms with van der Waals surface area (Å²) in [5.41, 5.74) is 1.30. The number of benzene rings is 1. The van der Waals surface area contributed by atoms with Gasteiger partial charge < -0.3 is 5.11 Å². The number of hydrogen-bond donors (Lipinski definition) is 1. The van der Waals surface area contributed by atoms with Crippen LogP contribution in [0.25, 0.3) is 0 Å². The Kier molecular flexibility index (Phi) is 4.32. The lowest BCUT2D eigenvalue weighted by atomic mass is 10.0. The molecule has 1 aromatic carbocycles. The van der Waals surface area contributed by atoms with Crippen molar-refractivity contribution >= 4 is 27.5 Å². The lowest BCUT2D eigenvalue weighted by molar-refractivity contribution is 0.178. The molecule has 0 aliphatic rings. The van der Waals surface area contributed by atoms with Gasteiger partial charge in [0.05, 0.1) is 15.6 Å². The Balaban J connectivity index is 2.19. The van der Waals surface area contributed by atoms with E-state index in [1.165, 1.54) is 12.3 Å². The van der Waals surface area contributed by atoms with Crippen molar-refractivity contribution in [3.63, 3.8) is 0 Å². The minimum Gasteiger partial charge on any atom is -0.388 e. The zero-order chi connectivity index (χ0) is 13.1. The molecule has 2 nitrogen and oxygen atoms in total. The largest absolute Gasteiger partial charge is 0.388 e. The predicted octanol–water partition coefficient (Wildman–Crippen LogP) is 3.91. The minimum atomic E-state index is -0.799. The van der Waals surface area contributed by atoms with Crippen LogP contribution >= 0.6 is 27.5 Å². The summed E-state index contributed by atoms with van der Waals surface area (Å²) in [5.74, 6) is -0.396. The number of rotatable bonds is 3. The van der Waals surface area contributed by atoms with Crippen LogP contribution in [0.15, 0.2) is 41.1 Å². The van der Waals surface area contributed by atoms with Gasteiger partial charge >= 0.3 is 0 Å². The van der Waals surface area contributed by atoms with Gasteiger partial charge in [0.15, 0.2) is 0 Å². The molecule has 0 radical (unpaired) electrons. The second kappa shape index (κ2) is 5.78. The standard InChI is InChI=1S/C13H10BrClFNO/c14-10-2-1-9(5-12(10)16)13(18)6-8-3-4-17-7-11(8)15/h1-5,7,13,18H,6H2. The van der Waals surface area contributed by atoms with Crippen molar-refractivity contribution in [1.82, 2.24) is 4.98 Å². The Morgan fingerprint density at radius 1 is 1.39 bits per heavy atom. The Morgan fingerprint density at radius 3 is 2.83 bits per heavy atom. The molecule has 1 aromatic heterocycles. The molecule has 0 saturated carbocycles. The number of aliphatic hydroxyl groups is 1. The summed E-state index contributed by atoms with van der Waals surface area (Å²) in [6, 6.07) is 6.29. The average Bonchev–Trinajstić information content (AvgIpc) is 2.35. The molecule has 1 N–H and O–H groups in total. The van der Waals surface area contributed by atoms with E-state index in [0.29, 0.717) is 21.5 Å². The molecule has 18 heavy (non-hydrogen) atoms. The Morgan fingerprint density at radius 2 is 2.17 bits per heavy atom. The molecular formula is C13H10BrClFNO. The van der Waals surface area contributed by atoms with Crippen LogP contribution in [0.5, 0.6) is 0 Å². The molecule has 2 aromatic rings. The highest BCUT2D eigenvalue weighted by molar-refractivity contribution is 9.10. The molecule has 0 amide bonds. The second-order valence-corrected chi connectivity index (χ2v) is 5.12.